The second-order valence-electron chi connectivity index (χ2n) is 5.40. The summed E-state index contributed by atoms with van der Waals surface area (Å²) in [6.45, 7) is 3.85. The van der Waals surface area contributed by atoms with Crippen molar-refractivity contribution in [3.8, 4) is 0 Å². The summed E-state index contributed by atoms with van der Waals surface area (Å²) in [6, 6.07) is 17.7. The summed E-state index contributed by atoms with van der Waals surface area (Å²) in [5.41, 5.74) is 2.19. The van der Waals surface area contributed by atoms with E-state index in [1.807, 2.05) is 18.2 Å². The molecule has 0 spiro atoms. The number of nitrogens with one attached hydrogen (secondary N) is 1. The van der Waals surface area contributed by atoms with Gasteiger partial charge >= 0.3 is 0 Å². The molecular formula is C19H24FN. The molecule has 2 aromatic rings. The minimum absolute atomic E-state index is 0.0832. The third-order valence-corrected chi connectivity index (χ3v) is 3.85. The van der Waals surface area contributed by atoms with Gasteiger partial charge in [-0.15, -0.1) is 0 Å². The van der Waals surface area contributed by atoms with Crippen LogP contribution in [0.3, 0.4) is 0 Å². The highest BCUT2D eigenvalue weighted by atomic mass is 19.1. The van der Waals surface area contributed by atoms with E-state index >= 15 is 0 Å². The number of hydrogen-bond donors (Lipinski definition) is 1. The number of hydrogen-bond acceptors (Lipinski definition) is 1. The van der Waals surface area contributed by atoms with Crippen molar-refractivity contribution < 1.29 is 4.39 Å². The van der Waals surface area contributed by atoms with Crippen molar-refractivity contribution in [1.82, 2.24) is 5.32 Å². The average Bonchev–Trinajstić information content (AvgIpc) is 2.52. The summed E-state index contributed by atoms with van der Waals surface area (Å²) in [5, 5.41) is 3.36. The van der Waals surface area contributed by atoms with Crippen LogP contribution >= 0.6 is 0 Å². The number of aryl methyl sites for hydroxylation is 1. The van der Waals surface area contributed by atoms with Gasteiger partial charge in [0, 0.05) is 6.54 Å². The van der Waals surface area contributed by atoms with Crippen LogP contribution in [0.2, 0.25) is 0 Å². The lowest BCUT2D eigenvalue weighted by Gasteiger charge is -2.18. The molecule has 0 aromatic heterocycles. The number of halogens is 1. The van der Waals surface area contributed by atoms with E-state index < -0.39 is 0 Å². The molecule has 0 fully saturated rings. The highest BCUT2D eigenvalue weighted by Gasteiger charge is 2.14. The maximum atomic E-state index is 14.0. The van der Waals surface area contributed by atoms with Gasteiger partial charge in [-0.25, -0.2) is 4.39 Å². The van der Waals surface area contributed by atoms with E-state index in [1.165, 1.54) is 5.56 Å². The molecule has 0 aliphatic heterocycles. The Bertz CT molecular complexity index is 524. The van der Waals surface area contributed by atoms with Crippen LogP contribution in [0.25, 0.3) is 0 Å². The molecule has 2 aromatic carbocycles. The van der Waals surface area contributed by atoms with Crippen molar-refractivity contribution >= 4 is 0 Å². The van der Waals surface area contributed by atoms with Crippen molar-refractivity contribution in [2.45, 2.75) is 32.1 Å². The van der Waals surface area contributed by atoms with Crippen LogP contribution in [0.5, 0.6) is 0 Å². The quantitative estimate of drug-likeness (QED) is 0.750. The van der Waals surface area contributed by atoms with Gasteiger partial charge in [0.05, 0.1) is 0 Å². The second-order valence-corrected chi connectivity index (χ2v) is 5.40. The molecule has 0 bridgehead atoms. The first-order chi connectivity index (χ1) is 10.3. The Labute approximate surface area is 127 Å². The SMILES string of the molecule is CCNCC(CCCc1ccccc1)c1ccccc1F. The van der Waals surface area contributed by atoms with E-state index in [0.29, 0.717) is 0 Å². The lowest BCUT2D eigenvalue weighted by Crippen LogP contribution is -2.22. The first-order valence-corrected chi connectivity index (χ1v) is 7.80. The molecule has 1 nitrogen and oxygen atoms in total. The molecular weight excluding hydrogens is 261 g/mol. The van der Waals surface area contributed by atoms with Crippen molar-refractivity contribution in [2.75, 3.05) is 13.1 Å². The third-order valence-electron chi connectivity index (χ3n) is 3.85. The molecule has 1 unspecified atom stereocenters. The van der Waals surface area contributed by atoms with E-state index in [0.717, 1.165) is 37.9 Å². The van der Waals surface area contributed by atoms with Gasteiger partial charge in [-0.3, -0.25) is 0 Å². The summed E-state index contributed by atoms with van der Waals surface area (Å²) in [7, 11) is 0. The van der Waals surface area contributed by atoms with Gasteiger partial charge in [-0.05, 0) is 48.9 Å². The Hall–Kier alpha value is -1.67. The van der Waals surface area contributed by atoms with E-state index in [9.17, 15) is 4.39 Å². The predicted molar refractivity (Wildman–Crippen MR) is 87.1 cm³/mol. The summed E-state index contributed by atoms with van der Waals surface area (Å²) in [4.78, 5) is 0. The van der Waals surface area contributed by atoms with Crippen LogP contribution in [-0.4, -0.2) is 13.1 Å². The Morgan fingerprint density at radius 2 is 1.71 bits per heavy atom. The first kappa shape index (κ1) is 15.7. The Morgan fingerprint density at radius 1 is 1.00 bits per heavy atom. The van der Waals surface area contributed by atoms with Gasteiger partial charge in [0.2, 0.25) is 0 Å². The molecule has 0 heterocycles. The first-order valence-electron chi connectivity index (χ1n) is 7.80. The van der Waals surface area contributed by atoms with E-state index in [-0.39, 0.29) is 11.7 Å². The van der Waals surface area contributed by atoms with E-state index in [1.54, 1.807) is 12.1 Å². The summed E-state index contributed by atoms with van der Waals surface area (Å²) in [5.74, 6) is 0.162. The van der Waals surface area contributed by atoms with E-state index in [4.69, 9.17) is 0 Å². The van der Waals surface area contributed by atoms with Gasteiger partial charge in [0.25, 0.3) is 0 Å². The highest BCUT2D eigenvalue weighted by molar-refractivity contribution is 5.22. The molecule has 1 N–H and O–H groups in total. The van der Waals surface area contributed by atoms with Crippen LogP contribution in [-0.2, 0) is 6.42 Å². The van der Waals surface area contributed by atoms with Gasteiger partial charge in [0.1, 0.15) is 5.82 Å². The van der Waals surface area contributed by atoms with Crippen LogP contribution in [0, 0.1) is 5.82 Å². The van der Waals surface area contributed by atoms with Gasteiger partial charge in [-0.2, -0.15) is 0 Å². The monoisotopic (exact) mass is 285 g/mol. The number of rotatable bonds is 8. The zero-order valence-electron chi connectivity index (χ0n) is 12.7. The van der Waals surface area contributed by atoms with Crippen molar-refractivity contribution in [3.63, 3.8) is 0 Å². The molecule has 112 valence electrons. The van der Waals surface area contributed by atoms with Crippen LogP contribution < -0.4 is 5.32 Å². The molecule has 0 saturated carbocycles. The molecule has 0 amide bonds. The Balaban J connectivity index is 1.95. The zero-order valence-corrected chi connectivity index (χ0v) is 12.7. The minimum atomic E-state index is -0.0832. The fourth-order valence-corrected chi connectivity index (χ4v) is 2.69. The largest absolute Gasteiger partial charge is 0.316 e. The maximum Gasteiger partial charge on any atom is 0.126 e. The molecule has 2 rings (SSSR count). The van der Waals surface area contributed by atoms with Crippen molar-refractivity contribution in [2.24, 2.45) is 0 Å². The molecule has 0 aliphatic rings. The molecule has 2 heteroatoms. The third kappa shape index (κ3) is 4.98. The lowest BCUT2D eigenvalue weighted by molar-refractivity contribution is 0.511. The maximum absolute atomic E-state index is 14.0. The summed E-state index contributed by atoms with van der Waals surface area (Å²) >= 11 is 0. The lowest BCUT2D eigenvalue weighted by atomic mass is 9.92. The second kappa shape index (κ2) is 8.58. The molecule has 0 saturated heterocycles. The van der Waals surface area contributed by atoms with Crippen LogP contribution in [0.15, 0.2) is 54.6 Å². The molecule has 21 heavy (non-hydrogen) atoms. The van der Waals surface area contributed by atoms with Crippen molar-refractivity contribution in [3.05, 3.63) is 71.5 Å². The Kier molecular flexibility index (Phi) is 6.42. The number of likely N-dealkylation sites (N-methyl/N-ethyl adjacent to an activating group) is 1. The summed E-state index contributed by atoms with van der Waals surface area (Å²) < 4.78 is 14.0. The fraction of sp³-hybridized carbons (Fsp3) is 0.368. The van der Waals surface area contributed by atoms with Crippen LogP contribution in [0.4, 0.5) is 4.39 Å². The zero-order chi connectivity index (χ0) is 14.9. The normalized spacial score (nSPS) is 12.3. The molecule has 0 aliphatic carbocycles. The summed E-state index contributed by atoms with van der Waals surface area (Å²) in [6.07, 6.45) is 3.13. The van der Waals surface area contributed by atoms with E-state index in [2.05, 4.69) is 36.5 Å². The standard InChI is InChI=1S/C19H24FN/c1-2-21-15-17(18-13-6-7-14-19(18)20)12-8-11-16-9-4-3-5-10-16/h3-7,9-10,13-14,17,21H,2,8,11-12,15H2,1H3. The van der Waals surface area contributed by atoms with Gasteiger partial charge < -0.3 is 5.32 Å². The molecule has 0 radical (unpaired) electrons. The predicted octanol–water partition coefficient (Wildman–Crippen LogP) is 4.54. The topological polar surface area (TPSA) is 12.0 Å². The number of benzene rings is 2. The smallest absolute Gasteiger partial charge is 0.126 e. The highest BCUT2D eigenvalue weighted by Crippen LogP contribution is 2.24. The average molecular weight is 285 g/mol. The fourth-order valence-electron chi connectivity index (χ4n) is 2.69. The van der Waals surface area contributed by atoms with Gasteiger partial charge in [-0.1, -0.05) is 55.5 Å². The molecule has 1 atom stereocenters. The minimum Gasteiger partial charge on any atom is -0.316 e. The van der Waals surface area contributed by atoms with Crippen molar-refractivity contribution in [1.29, 1.82) is 0 Å². The van der Waals surface area contributed by atoms with Gasteiger partial charge in [0.15, 0.2) is 0 Å². The van der Waals surface area contributed by atoms with Crippen LogP contribution in [0.1, 0.15) is 36.8 Å². The Morgan fingerprint density at radius 3 is 2.43 bits per heavy atom.